The molecule has 2 atom stereocenters. The Morgan fingerprint density at radius 1 is 1.32 bits per heavy atom. The van der Waals surface area contributed by atoms with Gasteiger partial charge in [-0.2, -0.15) is 0 Å². The van der Waals surface area contributed by atoms with Gasteiger partial charge < -0.3 is 10.2 Å². The van der Waals surface area contributed by atoms with E-state index >= 15 is 0 Å². The first-order chi connectivity index (χ1) is 9.20. The zero-order chi connectivity index (χ0) is 13.4. The average molecular weight is 257 g/mol. The number of fused-ring (bicyclic) bond motifs is 2. The summed E-state index contributed by atoms with van der Waals surface area (Å²) < 4.78 is 0. The highest BCUT2D eigenvalue weighted by atomic mass is 16.3. The van der Waals surface area contributed by atoms with Gasteiger partial charge in [0, 0.05) is 11.6 Å². The maximum atomic E-state index is 10.0. The fourth-order valence-corrected chi connectivity index (χ4v) is 3.63. The van der Waals surface area contributed by atoms with Crippen molar-refractivity contribution < 1.29 is 10.2 Å². The van der Waals surface area contributed by atoms with E-state index in [9.17, 15) is 10.2 Å². The summed E-state index contributed by atoms with van der Waals surface area (Å²) in [6.45, 7) is 1.78. The molecule has 3 heteroatoms. The molecule has 0 amide bonds. The van der Waals surface area contributed by atoms with E-state index in [-0.39, 0.29) is 11.5 Å². The van der Waals surface area contributed by atoms with Crippen LogP contribution in [0.4, 0.5) is 0 Å². The molecule has 1 aromatic rings. The number of aromatic hydroxyl groups is 2. The summed E-state index contributed by atoms with van der Waals surface area (Å²) in [5, 5.41) is 19.6. The maximum absolute atomic E-state index is 10.0. The minimum Gasteiger partial charge on any atom is -0.504 e. The summed E-state index contributed by atoms with van der Waals surface area (Å²) in [6, 6.07) is 4.01. The van der Waals surface area contributed by atoms with Crippen LogP contribution < -0.4 is 0 Å². The number of rotatable bonds is 1. The number of nitrogens with zero attached hydrogens (tertiary/aromatic N) is 1. The molecule has 2 unspecified atom stereocenters. The van der Waals surface area contributed by atoms with Gasteiger partial charge in [-0.1, -0.05) is 12.0 Å². The number of phenolic OH excluding ortho intramolecular Hbond substituents is 2. The van der Waals surface area contributed by atoms with Gasteiger partial charge in [-0.25, -0.2) is 0 Å². The third-order valence-corrected chi connectivity index (χ3v) is 4.58. The summed E-state index contributed by atoms with van der Waals surface area (Å²) in [5.74, 6) is 3.36. The summed E-state index contributed by atoms with van der Waals surface area (Å²) in [7, 11) is 0. The molecule has 0 radical (unpaired) electrons. The number of phenols is 2. The monoisotopic (exact) mass is 257 g/mol. The number of benzene rings is 1. The number of hydrogen-bond acceptors (Lipinski definition) is 3. The molecule has 1 fully saturated rings. The van der Waals surface area contributed by atoms with E-state index in [4.69, 9.17) is 6.42 Å². The number of piperidine rings is 1. The Hall–Kier alpha value is -1.66. The molecule has 1 saturated heterocycles. The highest BCUT2D eigenvalue weighted by Gasteiger charge is 2.36. The molecule has 0 spiro atoms. The first-order valence-corrected chi connectivity index (χ1v) is 6.91. The fourth-order valence-electron chi connectivity index (χ4n) is 3.63. The number of terminal acetylenes is 1. The molecule has 2 aliphatic rings. The van der Waals surface area contributed by atoms with Crippen molar-refractivity contribution >= 4 is 0 Å². The van der Waals surface area contributed by atoms with E-state index in [1.807, 2.05) is 6.07 Å². The minimum atomic E-state index is -0.00603. The summed E-state index contributed by atoms with van der Waals surface area (Å²) in [5.41, 5.74) is 2.09. The van der Waals surface area contributed by atoms with Crippen LogP contribution in [0.5, 0.6) is 11.5 Å². The van der Waals surface area contributed by atoms with Gasteiger partial charge >= 0.3 is 0 Å². The van der Waals surface area contributed by atoms with Crippen LogP contribution in [0.2, 0.25) is 0 Å². The maximum Gasteiger partial charge on any atom is 0.160 e. The predicted octanol–water partition coefficient (Wildman–Crippen LogP) is 1.91. The lowest BCUT2D eigenvalue weighted by Gasteiger charge is -2.44. The number of likely N-dealkylation sites (tertiary alicyclic amines) is 1. The van der Waals surface area contributed by atoms with E-state index in [0.717, 1.165) is 36.9 Å². The molecule has 1 aliphatic heterocycles. The molecule has 2 N–H and O–H groups in total. The highest BCUT2D eigenvalue weighted by Crippen LogP contribution is 2.41. The van der Waals surface area contributed by atoms with Crippen molar-refractivity contribution in [3.8, 4) is 23.8 Å². The largest absolute Gasteiger partial charge is 0.504 e. The van der Waals surface area contributed by atoms with E-state index in [1.165, 1.54) is 6.42 Å². The molecule has 100 valence electrons. The average Bonchev–Trinajstić information content (AvgIpc) is 2.42. The van der Waals surface area contributed by atoms with Crippen molar-refractivity contribution in [1.29, 1.82) is 0 Å². The first-order valence-electron chi connectivity index (χ1n) is 6.91. The van der Waals surface area contributed by atoms with E-state index < -0.39 is 0 Å². The van der Waals surface area contributed by atoms with Crippen LogP contribution in [-0.4, -0.2) is 34.2 Å². The van der Waals surface area contributed by atoms with Gasteiger partial charge in [0.15, 0.2) is 11.5 Å². The summed E-state index contributed by atoms with van der Waals surface area (Å²) >= 11 is 0. The fraction of sp³-hybridized carbons (Fsp3) is 0.500. The van der Waals surface area contributed by atoms with Gasteiger partial charge in [-0.05, 0) is 49.8 Å². The minimum absolute atomic E-state index is 0.00603. The lowest BCUT2D eigenvalue weighted by atomic mass is 9.75. The number of hydrogen-bond donors (Lipinski definition) is 2. The molecular formula is C16H19NO2. The van der Waals surface area contributed by atoms with Crippen LogP contribution in [0.3, 0.4) is 0 Å². The lowest BCUT2D eigenvalue weighted by molar-refractivity contribution is 0.0985. The molecule has 0 bridgehead atoms. The van der Waals surface area contributed by atoms with Crippen molar-refractivity contribution in [3.05, 3.63) is 23.3 Å². The van der Waals surface area contributed by atoms with Crippen molar-refractivity contribution in [2.75, 3.05) is 13.1 Å². The zero-order valence-electron chi connectivity index (χ0n) is 11.0. The second-order valence-corrected chi connectivity index (χ2v) is 5.62. The van der Waals surface area contributed by atoms with Gasteiger partial charge in [0.05, 0.1) is 6.54 Å². The van der Waals surface area contributed by atoms with Crippen LogP contribution in [0, 0.1) is 18.3 Å². The second kappa shape index (κ2) is 4.79. The van der Waals surface area contributed by atoms with Crippen molar-refractivity contribution in [1.82, 2.24) is 4.90 Å². The van der Waals surface area contributed by atoms with Crippen LogP contribution in [0.15, 0.2) is 12.1 Å². The van der Waals surface area contributed by atoms with Gasteiger partial charge in [-0.3, -0.25) is 4.90 Å². The quantitative estimate of drug-likeness (QED) is 0.596. The van der Waals surface area contributed by atoms with Crippen LogP contribution in [0.25, 0.3) is 0 Å². The predicted molar refractivity (Wildman–Crippen MR) is 74.1 cm³/mol. The topological polar surface area (TPSA) is 43.7 Å². The molecule has 0 saturated carbocycles. The van der Waals surface area contributed by atoms with Crippen LogP contribution in [-0.2, 0) is 12.8 Å². The standard InChI is InChI=1S/C16H19NO2/c1-2-7-17-8-3-4-12-9-13-11(10-14(12)17)5-6-15(18)16(13)19/h1,5-6,12,14,18-19H,3-4,7-10H2. The normalized spacial score (nSPS) is 26.3. The Balaban J connectivity index is 1.93. The molecule has 19 heavy (non-hydrogen) atoms. The highest BCUT2D eigenvalue weighted by molar-refractivity contribution is 5.50. The van der Waals surface area contributed by atoms with Crippen LogP contribution >= 0.6 is 0 Å². The Morgan fingerprint density at radius 3 is 2.95 bits per heavy atom. The summed E-state index contributed by atoms with van der Waals surface area (Å²) in [6.07, 6.45) is 9.57. The molecule has 3 rings (SSSR count). The van der Waals surface area contributed by atoms with E-state index in [0.29, 0.717) is 18.5 Å². The van der Waals surface area contributed by atoms with Gasteiger partial charge in [0.1, 0.15) is 0 Å². The molecule has 1 aromatic carbocycles. The zero-order valence-corrected chi connectivity index (χ0v) is 11.0. The third-order valence-electron chi connectivity index (χ3n) is 4.58. The molecular weight excluding hydrogens is 238 g/mol. The Bertz CT molecular complexity index is 532. The third kappa shape index (κ3) is 2.06. The van der Waals surface area contributed by atoms with Crippen molar-refractivity contribution in [3.63, 3.8) is 0 Å². The molecule has 1 heterocycles. The lowest BCUT2D eigenvalue weighted by Crippen LogP contribution is -2.49. The van der Waals surface area contributed by atoms with Crippen molar-refractivity contribution in [2.45, 2.75) is 31.7 Å². The van der Waals surface area contributed by atoms with E-state index in [1.54, 1.807) is 6.07 Å². The smallest absolute Gasteiger partial charge is 0.160 e. The van der Waals surface area contributed by atoms with Crippen LogP contribution in [0.1, 0.15) is 24.0 Å². The Morgan fingerprint density at radius 2 is 2.16 bits per heavy atom. The Kier molecular flexibility index (Phi) is 3.12. The van der Waals surface area contributed by atoms with Gasteiger partial charge in [0.25, 0.3) is 0 Å². The van der Waals surface area contributed by atoms with Crippen molar-refractivity contribution in [2.24, 2.45) is 5.92 Å². The summed E-state index contributed by atoms with van der Waals surface area (Å²) in [4.78, 5) is 2.39. The second-order valence-electron chi connectivity index (χ2n) is 5.62. The Labute approximate surface area is 113 Å². The molecule has 0 aromatic heterocycles. The van der Waals surface area contributed by atoms with Gasteiger partial charge in [-0.15, -0.1) is 6.42 Å². The SMILES string of the molecule is C#CCN1CCCC2Cc3c(ccc(O)c3O)CC21. The molecule has 3 nitrogen and oxygen atoms in total. The first kappa shape index (κ1) is 12.4. The van der Waals surface area contributed by atoms with E-state index in [2.05, 4.69) is 10.8 Å². The van der Waals surface area contributed by atoms with Gasteiger partial charge in [0.2, 0.25) is 0 Å². The molecule has 1 aliphatic carbocycles.